The van der Waals surface area contributed by atoms with Gasteiger partial charge in [0, 0.05) is 18.0 Å². The Morgan fingerprint density at radius 3 is 2.49 bits per heavy atom. The van der Waals surface area contributed by atoms with Crippen LogP contribution in [0.4, 0.5) is 14.9 Å². The molecule has 0 unspecified atom stereocenters. The number of nitrogens with zero attached hydrogens (tertiary/aromatic N) is 1. The number of pyridine rings is 1. The first-order valence-electron chi connectivity index (χ1n) is 11.8. The van der Waals surface area contributed by atoms with Crippen molar-refractivity contribution in [2.75, 3.05) is 25.6 Å². The summed E-state index contributed by atoms with van der Waals surface area (Å²) in [6.45, 7) is 4.55. The molecule has 0 bridgehead atoms. The molecule has 4 aromatic rings. The molecule has 0 radical (unpaired) electrons. The third-order valence-corrected chi connectivity index (χ3v) is 6.03. The van der Waals surface area contributed by atoms with Gasteiger partial charge in [0.25, 0.3) is 0 Å². The molecule has 5 rings (SSSR count). The molecule has 9 heteroatoms. The molecule has 8 nitrogen and oxygen atoms in total. The number of anilines is 1. The molecule has 1 aliphatic rings. The second-order valence-electron chi connectivity index (χ2n) is 8.59. The summed E-state index contributed by atoms with van der Waals surface area (Å²) in [6, 6.07) is 14.3. The molecule has 0 aliphatic carbocycles. The number of fused-ring (bicyclic) bond motifs is 3. The van der Waals surface area contributed by atoms with E-state index in [-0.39, 0.29) is 17.9 Å². The Labute approximate surface area is 213 Å². The van der Waals surface area contributed by atoms with E-state index in [4.69, 9.17) is 18.9 Å². The van der Waals surface area contributed by atoms with Crippen molar-refractivity contribution in [2.24, 2.45) is 0 Å². The molecule has 2 heterocycles. The maximum Gasteiger partial charge on any atom is 0.319 e. The molecule has 190 valence electrons. The van der Waals surface area contributed by atoms with Gasteiger partial charge in [0.05, 0.1) is 24.1 Å². The Balaban J connectivity index is 1.34. The average molecular weight is 504 g/mol. The minimum atomic E-state index is -0.372. The quantitative estimate of drug-likeness (QED) is 0.329. The highest BCUT2D eigenvalue weighted by Gasteiger charge is 2.24. The Bertz CT molecular complexity index is 1460. The van der Waals surface area contributed by atoms with Crippen molar-refractivity contribution in [3.8, 4) is 28.7 Å². The minimum Gasteiger partial charge on any atom is -0.493 e. The lowest BCUT2D eigenvalue weighted by atomic mass is 10.1. The minimum absolute atomic E-state index is 0.292. The predicted octanol–water partition coefficient (Wildman–Crippen LogP) is 6.14. The topological polar surface area (TPSA) is 90.9 Å². The van der Waals surface area contributed by atoms with E-state index in [0.717, 1.165) is 11.1 Å². The van der Waals surface area contributed by atoms with Crippen LogP contribution in [0.5, 0.6) is 28.7 Å². The summed E-state index contributed by atoms with van der Waals surface area (Å²) in [5, 5.41) is 6.37. The van der Waals surface area contributed by atoms with Crippen LogP contribution in [0.25, 0.3) is 10.9 Å². The predicted molar refractivity (Wildman–Crippen MR) is 138 cm³/mol. The number of urea groups is 1. The molecule has 2 N–H and O–H groups in total. The highest BCUT2D eigenvalue weighted by molar-refractivity contribution is 5.95. The number of aryl methyl sites for hydroxylation is 1. The number of halogens is 1. The number of ether oxygens (including phenoxy) is 4. The van der Waals surface area contributed by atoms with E-state index >= 15 is 0 Å². The lowest BCUT2D eigenvalue weighted by Gasteiger charge is -2.23. The molecule has 0 fully saturated rings. The van der Waals surface area contributed by atoms with Crippen LogP contribution < -0.4 is 29.6 Å². The normalized spacial score (nSPS) is 13.1. The molecule has 1 aliphatic heterocycles. The fourth-order valence-electron chi connectivity index (χ4n) is 4.17. The van der Waals surface area contributed by atoms with Gasteiger partial charge in [-0.1, -0.05) is 12.1 Å². The smallest absolute Gasteiger partial charge is 0.319 e. The van der Waals surface area contributed by atoms with Crippen LogP contribution in [-0.2, 0) is 0 Å². The van der Waals surface area contributed by atoms with Crippen molar-refractivity contribution in [3.05, 3.63) is 77.7 Å². The maximum atomic E-state index is 13.2. The summed E-state index contributed by atoms with van der Waals surface area (Å²) in [7, 11) is 1.57. The zero-order valence-electron chi connectivity index (χ0n) is 20.6. The van der Waals surface area contributed by atoms with Crippen LogP contribution in [0.15, 0.2) is 60.8 Å². The number of hydrogen-bond acceptors (Lipinski definition) is 6. The van der Waals surface area contributed by atoms with Gasteiger partial charge < -0.3 is 29.6 Å². The number of benzene rings is 3. The molecular weight excluding hydrogens is 477 g/mol. The van der Waals surface area contributed by atoms with Crippen LogP contribution >= 0.6 is 0 Å². The number of rotatable bonds is 6. The van der Waals surface area contributed by atoms with E-state index < -0.39 is 0 Å². The van der Waals surface area contributed by atoms with Crippen molar-refractivity contribution in [1.82, 2.24) is 10.3 Å². The second-order valence-corrected chi connectivity index (χ2v) is 8.59. The lowest BCUT2D eigenvalue weighted by molar-refractivity contribution is 0.167. The number of carbonyl (C=O) groups is 1. The van der Waals surface area contributed by atoms with Crippen LogP contribution in [0.2, 0.25) is 0 Å². The number of hydrogen-bond donors (Lipinski definition) is 2. The zero-order chi connectivity index (χ0) is 25.9. The lowest BCUT2D eigenvalue weighted by Crippen LogP contribution is -2.31. The van der Waals surface area contributed by atoms with E-state index in [9.17, 15) is 9.18 Å². The Morgan fingerprint density at radius 2 is 1.76 bits per heavy atom. The van der Waals surface area contributed by atoms with Gasteiger partial charge in [-0.25, -0.2) is 9.18 Å². The third kappa shape index (κ3) is 5.06. The SMILES string of the molecule is COc1cc2nccc(Oc3ccc(NC(=O)N[C@H](C)c4ccc(F)cc4)cc3C)c2c2c1OCCO2. The van der Waals surface area contributed by atoms with Gasteiger partial charge in [-0.3, -0.25) is 4.98 Å². The summed E-state index contributed by atoms with van der Waals surface area (Å²) in [6.07, 6.45) is 1.66. The Kier molecular flexibility index (Phi) is 6.68. The van der Waals surface area contributed by atoms with Gasteiger partial charge in [0.15, 0.2) is 11.5 Å². The number of carbonyl (C=O) groups excluding carboxylic acids is 1. The van der Waals surface area contributed by atoms with Crippen LogP contribution in [0, 0.1) is 12.7 Å². The van der Waals surface area contributed by atoms with Crippen molar-refractivity contribution >= 4 is 22.6 Å². The molecule has 1 aromatic heterocycles. The fourth-order valence-corrected chi connectivity index (χ4v) is 4.17. The number of amides is 2. The summed E-state index contributed by atoms with van der Waals surface area (Å²) < 4.78 is 36.6. The van der Waals surface area contributed by atoms with Crippen molar-refractivity contribution in [1.29, 1.82) is 0 Å². The first-order valence-corrected chi connectivity index (χ1v) is 11.8. The average Bonchev–Trinajstić information content (AvgIpc) is 2.90. The monoisotopic (exact) mass is 503 g/mol. The molecule has 3 aromatic carbocycles. The van der Waals surface area contributed by atoms with Crippen molar-refractivity contribution in [3.63, 3.8) is 0 Å². The van der Waals surface area contributed by atoms with Gasteiger partial charge in [0.2, 0.25) is 5.75 Å². The maximum absolute atomic E-state index is 13.2. The molecular formula is C28H26FN3O5. The van der Waals surface area contributed by atoms with Gasteiger partial charge in [-0.2, -0.15) is 0 Å². The van der Waals surface area contributed by atoms with Gasteiger partial charge >= 0.3 is 6.03 Å². The molecule has 0 spiro atoms. The molecule has 37 heavy (non-hydrogen) atoms. The molecule has 0 saturated carbocycles. The van der Waals surface area contributed by atoms with E-state index in [0.29, 0.717) is 58.6 Å². The molecule has 1 atom stereocenters. The highest BCUT2D eigenvalue weighted by atomic mass is 19.1. The van der Waals surface area contributed by atoms with Gasteiger partial charge in [-0.15, -0.1) is 0 Å². The zero-order valence-corrected chi connectivity index (χ0v) is 20.6. The van der Waals surface area contributed by atoms with E-state index in [2.05, 4.69) is 15.6 Å². The summed E-state index contributed by atoms with van der Waals surface area (Å²) in [5.41, 5.74) is 2.87. The summed E-state index contributed by atoms with van der Waals surface area (Å²) in [5.74, 6) is 2.45. The summed E-state index contributed by atoms with van der Waals surface area (Å²) >= 11 is 0. The Hall–Kier alpha value is -4.53. The fraction of sp³-hybridized carbons (Fsp3) is 0.214. The van der Waals surface area contributed by atoms with Crippen molar-refractivity contribution in [2.45, 2.75) is 19.9 Å². The van der Waals surface area contributed by atoms with Crippen LogP contribution in [0.3, 0.4) is 0 Å². The summed E-state index contributed by atoms with van der Waals surface area (Å²) in [4.78, 5) is 17.0. The first kappa shape index (κ1) is 24.2. The van der Waals surface area contributed by atoms with E-state index in [1.807, 2.05) is 19.9 Å². The third-order valence-electron chi connectivity index (χ3n) is 6.03. The Morgan fingerprint density at radius 1 is 1.00 bits per heavy atom. The largest absolute Gasteiger partial charge is 0.493 e. The number of nitrogens with one attached hydrogen (secondary N) is 2. The van der Waals surface area contributed by atoms with Crippen LogP contribution in [-0.4, -0.2) is 31.3 Å². The van der Waals surface area contributed by atoms with Gasteiger partial charge in [-0.05, 0) is 61.4 Å². The van der Waals surface area contributed by atoms with E-state index in [1.54, 1.807) is 49.7 Å². The standard InChI is InChI=1S/C28H26FN3O5/c1-16-14-20(32-28(33)31-17(2)18-4-6-19(29)7-5-18)8-9-22(16)37-23-10-11-30-21-15-24(34-3)26-27(25(21)23)36-13-12-35-26/h4-11,14-15,17H,12-13H2,1-3H3,(H2,31,32,33)/t17-/m1/s1. The second kappa shape index (κ2) is 10.2. The van der Waals surface area contributed by atoms with Gasteiger partial charge in [0.1, 0.15) is 30.5 Å². The van der Waals surface area contributed by atoms with E-state index in [1.165, 1.54) is 12.1 Å². The molecule has 0 saturated heterocycles. The number of methoxy groups -OCH3 is 1. The van der Waals surface area contributed by atoms with Crippen LogP contribution in [0.1, 0.15) is 24.1 Å². The highest BCUT2D eigenvalue weighted by Crippen LogP contribution is 2.48. The molecule has 2 amide bonds. The number of aromatic nitrogens is 1. The van der Waals surface area contributed by atoms with Crippen molar-refractivity contribution < 1.29 is 28.1 Å². The first-order chi connectivity index (χ1) is 17.9.